The maximum Gasteiger partial charge on any atom is 0.101 e. The topological polar surface area (TPSA) is 62.9 Å². The Bertz CT molecular complexity index is 678. The molecule has 4 nitrogen and oxygen atoms in total. The number of nitrogens with one attached hydrogen (secondary N) is 1. The molecule has 0 fully saturated rings. The number of nitriles is 2. The molecular formula is C19H20N4. The van der Waals surface area contributed by atoms with Gasteiger partial charge < -0.3 is 10.2 Å². The molecule has 2 aromatic rings. The van der Waals surface area contributed by atoms with Gasteiger partial charge in [-0.3, -0.25) is 0 Å². The van der Waals surface area contributed by atoms with Crippen molar-refractivity contribution in [1.29, 1.82) is 10.5 Å². The average Bonchev–Trinajstić information content (AvgIpc) is 2.59. The third-order valence-electron chi connectivity index (χ3n) is 3.62. The van der Waals surface area contributed by atoms with E-state index in [9.17, 15) is 0 Å². The Morgan fingerprint density at radius 2 is 1.61 bits per heavy atom. The SMILES string of the molecule is CN(CCCNc1c(C#N)cccc1C#N)Cc1ccccc1. The lowest BCUT2D eigenvalue weighted by molar-refractivity contribution is 0.325. The molecule has 0 atom stereocenters. The number of anilines is 1. The van der Waals surface area contributed by atoms with Crippen LogP contribution in [0.15, 0.2) is 48.5 Å². The van der Waals surface area contributed by atoms with E-state index in [-0.39, 0.29) is 0 Å². The van der Waals surface area contributed by atoms with Gasteiger partial charge in [-0.1, -0.05) is 36.4 Å². The predicted molar refractivity (Wildman–Crippen MR) is 91.8 cm³/mol. The molecule has 4 heteroatoms. The van der Waals surface area contributed by atoms with Crippen LogP contribution in [-0.4, -0.2) is 25.0 Å². The molecule has 2 rings (SSSR count). The summed E-state index contributed by atoms with van der Waals surface area (Å²) in [5, 5.41) is 21.5. The molecule has 116 valence electrons. The van der Waals surface area contributed by atoms with Gasteiger partial charge in [-0.25, -0.2) is 0 Å². The predicted octanol–water partition coefficient (Wildman–Crippen LogP) is 3.36. The van der Waals surface area contributed by atoms with E-state index in [1.165, 1.54) is 5.56 Å². The van der Waals surface area contributed by atoms with Gasteiger partial charge >= 0.3 is 0 Å². The largest absolute Gasteiger partial charge is 0.383 e. The smallest absolute Gasteiger partial charge is 0.101 e. The van der Waals surface area contributed by atoms with Gasteiger partial charge in [0.15, 0.2) is 0 Å². The molecule has 23 heavy (non-hydrogen) atoms. The number of nitrogens with zero attached hydrogens (tertiary/aromatic N) is 3. The standard InChI is InChI=1S/C19H20N4/c1-23(15-16-7-3-2-4-8-16)12-6-11-22-19-17(13-20)9-5-10-18(19)14-21/h2-5,7-10,22H,6,11-12,15H2,1H3. The van der Waals surface area contributed by atoms with Crippen LogP contribution in [0.5, 0.6) is 0 Å². The van der Waals surface area contributed by atoms with E-state index in [0.29, 0.717) is 16.8 Å². The molecule has 0 aliphatic heterocycles. The van der Waals surface area contributed by atoms with Crippen molar-refractivity contribution in [2.24, 2.45) is 0 Å². The summed E-state index contributed by atoms with van der Waals surface area (Å²) >= 11 is 0. The highest BCUT2D eigenvalue weighted by molar-refractivity contribution is 5.66. The van der Waals surface area contributed by atoms with Crippen LogP contribution in [-0.2, 0) is 6.54 Å². The minimum Gasteiger partial charge on any atom is -0.383 e. The van der Waals surface area contributed by atoms with Crippen molar-refractivity contribution < 1.29 is 0 Å². The fourth-order valence-electron chi connectivity index (χ4n) is 2.47. The van der Waals surface area contributed by atoms with E-state index in [1.807, 2.05) is 18.2 Å². The van der Waals surface area contributed by atoms with E-state index in [1.54, 1.807) is 18.2 Å². The van der Waals surface area contributed by atoms with Crippen LogP contribution in [0.25, 0.3) is 0 Å². The van der Waals surface area contributed by atoms with Gasteiger partial charge in [-0.05, 0) is 37.7 Å². The van der Waals surface area contributed by atoms with Crippen molar-refractivity contribution >= 4 is 5.69 Å². The molecule has 0 amide bonds. The summed E-state index contributed by atoms with van der Waals surface area (Å²) in [7, 11) is 2.09. The van der Waals surface area contributed by atoms with Gasteiger partial charge in [-0.15, -0.1) is 0 Å². The van der Waals surface area contributed by atoms with E-state index in [0.717, 1.165) is 26.1 Å². The minimum absolute atomic E-state index is 0.515. The maximum atomic E-state index is 9.14. The maximum absolute atomic E-state index is 9.14. The molecule has 0 bridgehead atoms. The molecule has 0 aliphatic rings. The Morgan fingerprint density at radius 1 is 0.957 bits per heavy atom. The molecule has 0 saturated heterocycles. The number of hydrogen-bond donors (Lipinski definition) is 1. The highest BCUT2D eigenvalue weighted by Crippen LogP contribution is 2.19. The Morgan fingerprint density at radius 3 is 2.22 bits per heavy atom. The van der Waals surface area contributed by atoms with Crippen molar-refractivity contribution in [3.05, 3.63) is 65.2 Å². The Kier molecular flexibility index (Phi) is 6.17. The summed E-state index contributed by atoms with van der Waals surface area (Å²) in [5.74, 6) is 0. The molecular weight excluding hydrogens is 284 g/mol. The second-order valence-corrected chi connectivity index (χ2v) is 5.46. The molecule has 0 unspecified atom stereocenters. The van der Waals surface area contributed by atoms with E-state index < -0.39 is 0 Å². The minimum atomic E-state index is 0.515. The summed E-state index contributed by atoms with van der Waals surface area (Å²) < 4.78 is 0. The van der Waals surface area contributed by atoms with Crippen LogP contribution in [0.1, 0.15) is 23.1 Å². The summed E-state index contributed by atoms with van der Waals surface area (Å²) in [4.78, 5) is 2.26. The number of para-hydroxylation sites is 1. The summed E-state index contributed by atoms with van der Waals surface area (Å²) in [5.41, 5.74) is 2.97. The third kappa shape index (κ3) is 4.85. The van der Waals surface area contributed by atoms with Crippen LogP contribution >= 0.6 is 0 Å². The lowest BCUT2D eigenvalue weighted by atomic mass is 10.1. The van der Waals surface area contributed by atoms with Crippen LogP contribution in [0, 0.1) is 22.7 Å². The first-order valence-corrected chi connectivity index (χ1v) is 7.64. The monoisotopic (exact) mass is 304 g/mol. The third-order valence-corrected chi connectivity index (χ3v) is 3.62. The van der Waals surface area contributed by atoms with Crippen LogP contribution in [0.3, 0.4) is 0 Å². The second-order valence-electron chi connectivity index (χ2n) is 5.46. The van der Waals surface area contributed by atoms with Gasteiger partial charge in [0.25, 0.3) is 0 Å². The summed E-state index contributed by atoms with van der Waals surface area (Å²) in [6.45, 7) is 2.59. The molecule has 0 aliphatic carbocycles. The van der Waals surface area contributed by atoms with E-state index >= 15 is 0 Å². The van der Waals surface area contributed by atoms with Gasteiger partial charge in [0, 0.05) is 13.1 Å². The molecule has 2 aromatic carbocycles. The fourth-order valence-corrected chi connectivity index (χ4v) is 2.47. The van der Waals surface area contributed by atoms with Crippen molar-refractivity contribution in [1.82, 2.24) is 4.90 Å². The highest BCUT2D eigenvalue weighted by atomic mass is 15.1. The molecule has 0 aromatic heterocycles. The first-order valence-electron chi connectivity index (χ1n) is 7.64. The molecule has 0 heterocycles. The van der Waals surface area contributed by atoms with E-state index in [4.69, 9.17) is 10.5 Å². The van der Waals surface area contributed by atoms with Crippen LogP contribution in [0.4, 0.5) is 5.69 Å². The zero-order valence-corrected chi connectivity index (χ0v) is 13.3. The van der Waals surface area contributed by atoms with Gasteiger partial charge in [-0.2, -0.15) is 10.5 Å². The zero-order chi connectivity index (χ0) is 16.5. The molecule has 0 saturated carbocycles. The van der Waals surface area contributed by atoms with Crippen molar-refractivity contribution in [3.63, 3.8) is 0 Å². The van der Waals surface area contributed by atoms with Crippen LogP contribution in [0.2, 0.25) is 0 Å². The second kappa shape index (κ2) is 8.58. The number of rotatable bonds is 7. The summed E-state index contributed by atoms with van der Waals surface area (Å²) in [6, 6.07) is 19.8. The first-order chi connectivity index (χ1) is 11.2. The Labute approximate surface area is 137 Å². The average molecular weight is 304 g/mol. The zero-order valence-electron chi connectivity index (χ0n) is 13.3. The molecule has 0 radical (unpaired) electrons. The van der Waals surface area contributed by atoms with Crippen LogP contribution < -0.4 is 5.32 Å². The Balaban J connectivity index is 1.82. The number of benzene rings is 2. The van der Waals surface area contributed by atoms with Crippen molar-refractivity contribution in [3.8, 4) is 12.1 Å². The van der Waals surface area contributed by atoms with Gasteiger partial charge in [0.1, 0.15) is 12.1 Å². The Hall–Kier alpha value is -2.82. The molecule has 1 N–H and O–H groups in total. The first kappa shape index (κ1) is 16.5. The van der Waals surface area contributed by atoms with Crippen molar-refractivity contribution in [2.75, 3.05) is 25.5 Å². The number of hydrogen-bond acceptors (Lipinski definition) is 4. The van der Waals surface area contributed by atoms with Gasteiger partial charge in [0.05, 0.1) is 16.8 Å². The van der Waals surface area contributed by atoms with Gasteiger partial charge in [0.2, 0.25) is 0 Å². The fraction of sp³-hybridized carbons (Fsp3) is 0.263. The summed E-state index contributed by atoms with van der Waals surface area (Å²) in [6.07, 6.45) is 0.938. The highest BCUT2D eigenvalue weighted by Gasteiger charge is 2.07. The van der Waals surface area contributed by atoms with Crippen molar-refractivity contribution in [2.45, 2.75) is 13.0 Å². The molecule has 0 spiro atoms. The quantitative estimate of drug-likeness (QED) is 0.797. The van der Waals surface area contributed by atoms with E-state index in [2.05, 4.69) is 41.5 Å². The lowest BCUT2D eigenvalue weighted by Gasteiger charge is -2.17. The lowest BCUT2D eigenvalue weighted by Crippen LogP contribution is -2.21. The normalized spacial score (nSPS) is 10.1.